The molecule has 0 spiro atoms. The molecule has 0 aromatic heterocycles. The van der Waals surface area contributed by atoms with Crippen molar-refractivity contribution in [2.45, 2.75) is 26.4 Å². The van der Waals surface area contributed by atoms with Gasteiger partial charge in [0, 0.05) is 28.8 Å². The van der Waals surface area contributed by atoms with Crippen molar-refractivity contribution in [3.63, 3.8) is 0 Å². The van der Waals surface area contributed by atoms with Gasteiger partial charge in [-0.15, -0.1) is 0 Å². The maximum Gasteiger partial charge on any atom is 0.361 e. The molecule has 3 heterocycles. The number of allylic oxidation sites excluding steroid dienone is 3. The number of hydrogen-bond acceptors (Lipinski definition) is 4. The molecule has 0 aromatic rings. The summed E-state index contributed by atoms with van der Waals surface area (Å²) in [7, 11) is 0. The molecule has 5 heteroatoms. The maximum absolute atomic E-state index is 4.47. The van der Waals surface area contributed by atoms with Crippen LogP contribution < -0.4 is 0 Å². The summed E-state index contributed by atoms with van der Waals surface area (Å²) in [5.41, 5.74) is 2.18. The Balaban J connectivity index is 2.05. The molecule has 0 saturated carbocycles. The second kappa shape index (κ2) is 2.85. The van der Waals surface area contributed by atoms with Gasteiger partial charge in [0.15, 0.2) is 0 Å². The fourth-order valence-corrected chi connectivity index (χ4v) is 2.04. The van der Waals surface area contributed by atoms with Crippen LogP contribution in [0, 0.1) is 0 Å². The fourth-order valence-electron chi connectivity index (χ4n) is 2.04. The summed E-state index contributed by atoms with van der Waals surface area (Å²) in [6.07, 6.45) is 7.48. The van der Waals surface area contributed by atoms with Crippen LogP contribution in [0.15, 0.2) is 39.1 Å². The van der Waals surface area contributed by atoms with Crippen molar-refractivity contribution in [1.29, 1.82) is 0 Å². The van der Waals surface area contributed by atoms with E-state index in [-0.39, 0.29) is 12.6 Å². The Hall–Kier alpha value is -1.78. The van der Waals surface area contributed by atoms with Gasteiger partial charge in [-0.05, 0) is 24.6 Å². The molecule has 3 aliphatic heterocycles. The lowest BCUT2D eigenvalue weighted by molar-refractivity contribution is -0.565. The predicted octanol–water partition coefficient (Wildman–Crippen LogP) is 1.31. The van der Waals surface area contributed by atoms with Crippen LogP contribution in [0.2, 0.25) is 0 Å². The van der Waals surface area contributed by atoms with Crippen molar-refractivity contribution in [2.24, 2.45) is 15.1 Å². The third kappa shape index (κ3) is 1.16. The van der Waals surface area contributed by atoms with Crippen LogP contribution >= 0.6 is 0 Å². The molecule has 0 aromatic carbocycles. The summed E-state index contributed by atoms with van der Waals surface area (Å²) in [6.45, 7) is 4.06. The summed E-state index contributed by atoms with van der Waals surface area (Å²) in [5, 5.41) is 4.46. The summed E-state index contributed by atoms with van der Waals surface area (Å²) < 4.78 is 1.85. The minimum atomic E-state index is -0.139. The number of fused-ring (bicyclic) bond motifs is 3. The normalized spacial score (nSPS) is 31.9. The molecular formula is C10H12N5+. The Morgan fingerprint density at radius 3 is 3.13 bits per heavy atom. The molecule has 3 rings (SSSR count). The Morgan fingerprint density at radius 2 is 2.27 bits per heavy atom. The maximum atomic E-state index is 4.47. The molecule has 0 radical (unpaired) electrons. The highest BCUT2D eigenvalue weighted by atomic mass is 15.6. The van der Waals surface area contributed by atoms with Crippen LogP contribution in [0.1, 0.15) is 13.8 Å². The highest BCUT2D eigenvalue weighted by molar-refractivity contribution is 5.94. The lowest BCUT2D eigenvalue weighted by Gasteiger charge is -2.25. The average molecular weight is 202 g/mol. The summed E-state index contributed by atoms with van der Waals surface area (Å²) in [5.74, 6) is 0. The third-order valence-electron chi connectivity index (χ3n) is 2.66. The monoisotopic (exact) mass is 202 g/mol. The van der Waals surface area contributed by atoms with Crippen LogP contribution in [0.25, 0.3) is 0 Å². The molecule has 0 bridgehead atoms. The van der Waals surface area contributed by atoms with Gasteiger partial charge in [-0.2, -0.15) is 0 Å². The van der Waals surface area contributed by atoms with Crippen molar-refractivity contribution in [3.05, 3.63) is 24.0 Å². The molecule has 76 valence electrons. The van der Waals surface area contributed by atoms with Crippen molar-refractivity contribution in [2.75, 3.05) is 0 Å². The number of rotatable bonds is 0. The lowest BCUT2D eigenvalue weighted by Crippen LogP contribution is -2.39. The Labute approximate surface area is 87.8 Å². The van der Waals surface area contributed by atoms with Gasteiger partial charge in [0.05, 0.1) is 0 Å². The highest BCUT2D eigenvalue weighted by Crippen LogP contribution is 2.28. The molecule has 0 N–H and O–H groups in total. The minimum Gasteiger partial charge on any atom is -0.250 e. The Bertz CT molecular complexity index is 454. The van der Waals surface area contributed by atoms with Gasteiger partial charge in [0.2, 0.25) is 6.20 Å². The van der Waals surface area contributed by atoms with E-state index in [4.69, 9.17) is 0 Å². The molecule has 0 aliphatic carbocycles. The largest absolute Gasteiger partial charge is 0.361 e. The molecule has 15 heavy (non-hydrogen) atoms. The van der Waals surface area contributed by atoms with E-state index >= 15 is 0 Å². The number of aliphatic imine (C=N–C) groups is 2. The first-order valence-electron chi connectivity index (χ1n) is 4.96. The quantitative estimate of drug-likeness (QED) is 0.546. The van der Waals surface area contributed by atoms with Crippen molar-refractivity contribution < 1.29 is 4.70 Å². The van der Waals surface area contributed by atoms with Gasteiger partial charge < -0.3 is 0 Å². The third-order valence-corrected chi connectivity index (χ3v) is 2.66. The van der Waals surface area contributed by atoms with Gasteiger partial charge in [-0.25, -0.2) is 14.9 Å². The van der Waals surface area contributed by atoms with E-state index in [1.54, 1.807) is 6.21 Å². The van der Waals surface area contributed by atoms with Gasteiger partial charge in [0.25, 0.3) is 6.29 Å². The zero-order valence-corrected chi connectivity index (χ0v) is 8.70. The Kier molecular flexibility index (Phi) is 1.62. The topological polar surface area (TPSA) is 43.3 Å². The zero-order valence-electron chi connectivity index (χ0n) is 8.70. The number of hydrogen-bond donors (Lipinski definition) is 0. The van der Waals surface area contributed by atoms with Crippen molar-refractivity contribution >= 4 is 11.9 Å². The Morgan fingerprint density at radius 1 is 1.40 bits per heavy atom. The smallest absolute Gasteiger partial charge is 0.250 e. The summed E-state index contributed by atoms with van der Waals surface area (Å²) in [4.78, 5) is 11.0. The van der Waals surface area contributed by atoms with Crippen LogP contribution in [0.3, 0.4) is 0 Å². The molecule has 0 saturated heterocycles. The molecular weight excluding hydrogens is 190 g/mol. The van der Waals surface area contributed by atoms with E-state index in [0.29, 0.717) is 0 Å². The minimum absolute atomic E-state index is 0.0481. The number of nitrogens with zero attached hydrogens (tertiary/aromatic N) is 5. The van der Waals surface area contributed by atoms with Crippen LogP contribution in [0.4, 0.5) is 0 Å². The van der Waals surface area contributed by atoms with Gasteiger partial charge in [0.1, 0.15) is 0 Å². The molecule has 0 fully saturated rings. The number of azo groups is 2. The fraction of sp³-hybridized carbons (Fsp3) is 0.400. The first-order valence-corrected chi connectivity index (χ1v) is 4.96. The van der Waals surface area contributed by atoms with E-state index in [0.717, 1.165) is 11.4 Å². The second-order valence-corrected chi connectivity index (χ2v) is 3.79. The molecule has 0 amide bonds. The van der Waals surface area contributed by atoms with Crippen molar-refractivity contribution in [1.82, 2.24) is 4.90 Å². The molecule has 5 nitrogen and oxygen atoms in total. The second-order valence-electron chi connectivity index (χ2n) is 3.79. The van der Waals surface area contributed by atoms with E-state index in [1.165, 1.54) is 0 Å². The van der Waals surface area contributed by atoms with Crippen LogP contribution in [0.5, 0.6) is 0 Å². The van der Waals surface area contributed by atoms with Gasteiger partial charge in [-0.3, -0.25) is 0 Å². The molecule has 2 atom stereocenters. The first-order chi connectivity index (χ1) is 7.25. The van der Waals surface area contributed by atoms with Crippen molar-refractivity contribution in [3.8, 4) is 0 Å². The van der Waals surface area contributed by atoms with E-state index in [1.807, 2.05) is 23.9 Å². The van der Waals surface area contributed by atoms with E-state index in [9.17, 15) is 0 Å². The molecule has 2 unspecified atom stereocenters. The van der Waals surface area contributed by atoms with E-state index < -0.39 is 0 Å². The standard InChI is InChI=1S/C10H12N5/c1-7-6-8(2)15-9(12-7)13-14-5-3-4-11-10(14)15/h3-6,9-10H,1-2H3/q+1. The van der Waals surface area contributed by atoms with E-state index in [2.05, 4.69) is 33.0 Å². The molecule has 3 aliphatic rings. The van der Waals surface area contributed by atoms with Gasteiger partial charge >= 0.3 is 6.29 Å². The average Bonchev–Trinajstić information content (AvgIpc) is 2.54. The van der Waals surface area contributed by atoms with Crippen LogP contribution in [-0.4, -0.2) is 34.1 Å². The van der Waals surface area contributed by atoms with Gasteiger partial charge in [-0.1, -0.05) is 0 Å². The lowest BCUT2D eigenvalue weighted by atomic mass is 10.2. The predicted molar refractivity (Wildman–Crippen MR) is 56.6 cm³/mol. The highest BCUT2D eigenvalue weighted by Gasteiger charge is 2.44. The summed E-state index contributed by atoms with van der Waals surface area (Å²) >= 11 is 0. The first kappa shape index (κ1) is 8.52. The van der Waals surface area contributed by atoms with Crippen LogP contribution in [-0.2, 0) is 0 Å². The zero-order chi connectivity index (χ0) is 10.4. The summed E-state index contributed by atoms with van der Waals surface area (Å²) in [6, 6.07) is 0. The SMILES string of the molecule is CC1=CC(C)=NC2N=[N+]3C=CC=NC3N12.